The first-order chi connectivity index (χ1) is 12.1. The van der Waals surface area contributed by atoms with E-state index in [0.717, 1.165) is 16.8 Å². The van der Waals surface area contributed by atoms with E-state index in [0.29, 0.717) is 34.0 Å². The third-order valence-electron chi connectivity index (χ3n) is 3.64. The fraction of sp³-hybridized carbons (Fsp3) is 0.100. The van der Waals surface area contributed by atoms with E-state index in [1.807, 2.05) is 48.5 Å². The summed E-state index contributed by atoms with van der Waals surface area (Å²) < 4.78 is 5.78. The zero-order valence-corrected chi connectivity index (χ0v) is 15.6. The molecule has 5 heteroatoms. The van der Waals surface area contributed by atoms with Crippen molar-refractivity contribution in [2.75, 3.05) is 5.32 Å². The van der Waals surface area contributed by atoms with Gasteiger partial charge in [-0.15, -0.1) is 0 Å². The molecule has 3 aromatic carbocycles. The van der Waals surface area contributed by atoms with Crippen molar-refractivity contribution in [1.29, 1.82) is 0 Å². The number of nitrogens with one attached hydrogen (secondary N) is 1. The van der Waals surface area contributed by atoms with Crippen molar-refractivity contribution < 1.29 is 4.74 Å². The van der Waals surface area contributed by atoms with Gasteiger partial charge in [0.2, 0.25) is 0 Å². The largest absolute Gasteiger partial charge is 0.487 e. The van der Waals surface area contributed by atoms with Gasteiger partial charge in [0.25, 0.3) is 0 Å². The lowest BCUT2D eigenvalue weighted by Crippen LogP contribution is -2.01. The zero-order chi connectivity index (χ0) is 17.6. The zero-order valence-electron chi connectivity index (χ0n) is 13.3. The maximum atomic E-state index is 6.33. The molecular weight excluding hydrogens is 377 g/mol. The molecule has 3 rings (SSSR count). The number of hydrogen-bond acceptors (Lipinski definition) is 2. The highest BCUT2D eigenvalue weighted by Gasteiger charge is 2.05. The predicted octanol–water partition coefficient (Wildman–Crippen LogP) is 6.84. The molecule has 0 saturated heterocycles. The lowest BCUT2D eigenvalue weighted by atomic mass is 10.2. The summed E-state index contributed by atoms with van der Waals surface area (Å²) in [5, 5.41) is 5.09. The summed E-state index contributed by atoms with van der Waals surface area (Å²) in [4.78, 5) is 0. The van der Waals surface area contributed by atoms with E-state index in [9.17, 15) is 0 Å². The van der Waals surface area contributed by atoms with Gasteiger partial charge in [0.1, 0.15) is 12.4 Å². The fourth-order valence-corrected chi connectivity index (χ4v) is 2.95. The van der Waals surface area contributed by atoms with Gasteiger partial charge in [-0.1, -0.05) is 71.2 Å². The lowest BCUT2D eigenvalue weighted by Gasteiger charge is -2.12. The molecule has 0 aliphatic carbocycles. The van der Waals surface area contributed by atoms with E-state index < -0.39 is 0 Å². The maximum Gasteiger partial charge on any atom is 0.138 e. The number of halogens is 3. The van der Waals surface area contributed by atoms with E-state index in [1.165, 1.54) is 0 Å². The Balaban J connectivity index is 1.62. The van der Waals surface area contributed by atoms with Gasteiger partial charge in [-0.2, -0.15) is 0 Å². The molecule has 0 atom stereocenters. The Morgan fingerprint density at radius 3 is 2.32 bits per heavy atom. The van der Waals surface area contributed by atoms with Gasteiger partial charge in [0, 0.05) is 11.6 Å². The van der Waals surface area contributed by atoms with Crippen molar-refractivity contribution in [3.63, 3.8) is 0 Å². The van der Waals surface area contributed by atoms with Gasteiger partial charge in [-0.3, -0.25) is 0 Å². The highest BCUT2D eigenvalue weighted by molar-refractivity contribution is 6.35. The normalized spacial score (nSPS) is 10.5. The second-order valence-corrected chi connectivity index (χ2v) is 6.77. The quantitative estimate of drug-likeness (QED) is 0.496. The van der Waals surface area contributed by atoms with Crippen LogP contribution in [0.2, 0.25) is 15.1 Å². The van der Waals surface area contributed by atoms with Gasteiger partial charge in [0.15, 0.2) is 0 Å². The smallest absolute Gasteiger partial charge is 0.138 e. The van der Waals surface area contributed by atoms with Crippen LogP contribution >= 0.6 is 34.8 Å². The average molecular weight is 393 g/mol. The minimum Gasteiger partial charge on any atom is -0.487 e. The van der Waals surface area contributed by atoms with Crippen LogP contribution in [0.25, 0.3) is 0 Å². The van der Waals surface area contributed by atoms with E-state index in [2.05, 4.69) is 5.32 Å². The Labute approximate surface area is 162 Å². The highest BCUT2D eigenvalue weighted by Crippen LogP contribution is 2.28. The molecular formula is C20H16Cl3NO. The van der Waals surface area contributed by atoms with Crippen molar-refractivity contribution in [1.82, 2.24) is 0 Å². The third kappa shape index (κ3) is 5.05. The molecule has 0 aliphatic rings. The van der Waals surface area contributed by atoms with Crippen LogP contribution in [0.4, 0.5) is 5.69 Å². The molecule has 0 amide bonds. The standard InChI is InChI=1S/C20H16Cl3NO/c21-16-7-8-17(22)19(11-16)24-12-15-6-9-20(18(23)10-15)25-13-14-4-2-1-3-5-14/h1-11,24H,12-13H2. The first-order valence-electron chi connectivity index (χ1n) is 7.76. The maximum absolute atomic E-state index is 6.33. The summed E-state index contributed by atoms with van der Waals surface area (Å²) in [6.45, 7) is 1.06. The minimum absolute atomic E-state index is 0.482. The molecule has 0 unspecified atom stereocenters. The topological polar surface area (TPSA) is 21.3 Å². The predicted molar refractivity (Wildman–Crippen MR) is 106 cm³/mol. The molecule has 0 saturated carbocycles. The molecule has 3 aromatic rings. The molecule has 0 spiro atoms. The second-order valence-electron chi connectivity index (χ2n) is 5.52. The van der Waals surface area contributed by atoms with Crippen molar-refractivity contribution in [2.24, 2.45) is 0 Å². The van der Waals surface area contributed by atoms with Crippen LogP contribution in [0.5, 0.6) is 5.75 Å². The summed E-state index contributed by atoms with van der Waals surface area (Å²) in [5.41, 5.74) is 2.91. The Bertz CT molecular complexity index is 853. The Morgan fingerprint density at radius 2 is 1.56 bits per heavy atom. The summed E-state index contributed by atoms with van der Waals surface area (Å²) >= 11 is 18.5. The number of ether oxygens (including phenoxy) is 1. The number of rotatable bonds is 6. The Morgan fingerprint density at radius 1 is 0.760 bits per heavy atom. The molecule has 2 nitrogen and oxygen atoms in total. The molecule has 25 heavy (non-hydrogen) atoms. The van der Waals surface area contributed by atoms with Gasteiger partial charge in [-0.25, -0.2) is 0 Å². The number of hydrogen-bond donors (Lipinski definition) is 1. The van der Waals surface area contributed by atoms with Crippen LogP contribution < -0.4 is 10.1 Å². The van der Waals surface area contributed by atoms with E-state index in [4.69, 9.17) is 39.5 Å². The summed E-state index contributed by atoms with van der Waals surface area (Å²) in [5.74, 6) is 0.662. The molecule has 128 valence electrons. The molecule has 0 heterocycles. The summed E-state index contributed by atoms with van der Waals surface area (Å²) in [6.07, 6.45) is 0. The van der Waals surface area contributed by atoms with Gasteiger partial charge < -0.3 is 10.1 Å². The third-order valence-corrected chi connectivity index (χ3v) is 4.50. The van der Waals surface area contributed by atoms with Crippen molar-refractivity contribution >= 4 is 40.5 Å². The van der Waals surface area contributed by atoms with Crippen LogP contribution in [0.3, 0.4) is 0 Å². The molecule has 0 bridgehead atoms. The van der Waals surface area contributed by atoms with Crippen molar-refractivity contribution in [3.05, 3.63) is 92.9 Å². The average Bonchev–Trinajstić information content (AvgIpc) is 2.62. The van der Waals surface area contributed by atoms with Crippen LogP contribution in [-0.2, 0) is 13.2 Å². The first kappa shape index (κ1) is 17.9. The molecule has 0 radical (unpaired) electrons. The Kier molecular flexibility index (Phi) is 6.09. The minimum atomic E-state index is 0.482. The molecule has 1 N–H and O–H groups in total. The van der Waals surface area contributed by atoms with Crippen molar-refractivity contribution in [3.8, 4) is 5.75 Å². The molecule has 0 fully saturated rings. The second kappa shape index (κ2) is 8.48. The van der Waals surface area contributed by atoms with Gasteiger partial charge in [0.05, 0.1) is 15.7 Å². The molecule has 0 aromatic heterocycles. The lowest BCUT2D eigenvalue weighted by molar-refractivity contribution is 0.306. The van der Waals surface area contributed by atoms with E-state index in [-0.39, 0.29) is 0 Å². The Hall–Kier alpha value is -1.87. The van der Waals surface area contributed by atoms with Crippen LogP contribution in [-0.4, -0.2) is 0 Å². The van der Waals surface area contributed by atoms with Crippen LogP contribution in [0, 0.1) is 0 Å². The summed E-state index contributed by atoms with van der Waals surface area (Å²) in [6, 6.07) is 21.0. The van der Waals surface area contributed by atoms with Crippen LogP contribution in [0.1, 0.15) is 11.1 Å². The van der Waals surface area contributed by atoms with E-state index >= 15 is 0 Å². The first-order valence-corrected chi connectivity index (χ1v) is 8.89. The number of anilines is 1. The number of benzene rings is 3. The van der Waals surface area contributed by atoms with E-state index in [1.54, 1.807) is 18.2 Å². The van der Waals surface area contributed by atoms with Gasteiger partial charge in [-0.05, 0) is 41.5 Å². The molecule has 0 aliphatic heterocycles. The monoisotopic (exact) mass is 391 g/mol. The fourth-order valence-electron chi connectivity index (χ4n) is 2.34. The SMILES string of the molecule is Clc1ccc(Cl)c(NCc2ccc(OCc3ccccc3)c(Cl)c2)c1. The van der Waals surface area contributed by atoms with Crippen molar-refractivity contribution in [2.45, 2.75) is 13.2 Å². The van der Waals surface area contributed by atoms with Gasteiger partial charge >= 0.3 is 0 Å². The summed E-state index contributed by atoms with van der Waals surface area (Å²) in [7, 11) is 0. The van der Waals surface area contributed by atoms with Crippen LogP contribution in [0.15, 0.2) is 66.7 Å². The highest BCUT2D eigenvalue weighted by atomic mass is 35.5.